The third-order valence-electron chi connectivity index (χ3n) is 2.86. The van der Waals surface area contributed by atoms with Gasteiger partial charge in [0, 0.05) is 23.8 Å². The highest BCUT2D eigenvalue weighted by atomic mass is 35.5. The normalized spacial score (nSPS) is 12.4. The van der Waals surface area contributed by atoms with Crippen LogP contribution in [-0.4, -0.2) is 11.9 Å². The molecule has 0 aliphatic carbocycles. The van der Waals surface area contributed by atoms with Crippen LogP contribution in [0.25, 0.3) is 0 Å². The van der Waals surface area contributed by atoms with Crippen LogP contribution in [0.4, 0.5) is 0 Å². The van der Waals surface area contributed by atoms with Crippen molar-refractivity contribution >= 4 is 17.5 Å². The molecule has 1 aromatic carbocycles. The van der Waals surface area contributed by atoms with E-state index in [4.69, 9.17) is 16.9 Å². The number of amides is 1. The second-order valence-corrected chi connectivity index (χ2v) is 4.89. The molecule has 5 heteroatoms. The monoisotopic (exact) mass is 291 g/mol. The molecule has 0 bridgehead atoms. The van der Waals surface area contributed by atoms with Crippen LogP contribution in [-0.2, 0) is 11.3 Å². The summed E-state index contributed by atoms with van der Waals surface area (Å²) in [6, 6.07) is 9.29. The maximum Gasteiger partial charge on any atom is 0.263 e. The maximum absolute atomic E-state index is 11.8. The van der Waals surface area contributed by atoms with Gasteiger partial charge in [-0.25, -0.2) is 0 Å². The van der Waals surface area contributed by atoms with Crippen molar-refractivity contribution < 1.29 is 4.79 Å². The lowest BCUT2D eigenvalue weighted by Gasteiger charge is -2.09. The molecule has 4 nitrogen and oxygen atoms in total. The highest BCUT2D eigenvalue weighted by molar-refractivity contribution is 6.30. The molecular formula is C15H18ClN3O. The van der Waals surface area contributed by atoms with E-state index < -0.39 is 5.91 Å². The fourth-order valence-corrected chi connectivity index (χ4v) is 1.50. The smallest absolute Gasteiger partial charge is 0.263 e. The van der Waals surface area contributed by atoms with Crippen molar-refractivity contribution in [2.75, 3.05) is 0 Å². The average molecular weight is 292 g/mol. The standard InChI is InChI=1S/C15H18ClN3O/c1-3-11(2)18-10-13(8-17)15(20)19-9-12-4-6-14(16)7-5-12/h4-7,10-11,18H,3,9H2,1-2H3,(H,19,20)/b13-10-. The zero-order valence-corrected chi connectivity index (χ0v) is 12.4. The summed E-state index contributed by atoms with van der Waals surface area (Å²) in [7, 11) is 0. The van der Waals surface area contributed by atoms with E-state index in [9.17, 15) is 4.79 Å². The Morgan fingerprint density at radius 2 is 2.10 bits per heavy atom. The Morgan fingerprint density at radius 3 is 2.65 bits per heavy atom. The topological polar surface area (TPSA) is 64.9 Å². The third-order valence-corrected chi connectivity index (χ3v) is 3.11. The predicted octanol–water partition coefficient (Wildman–Crippen LogP) is 2.75. The highest BCUT2D eigenvalue weighted by Gasteiger charge is 2.08. The van der Waals surface area contributed by atoms with Crippen molar-refractivity contribution in [3.05, 3.63) is 46.6 Å². The zero-order valence-electron chi connectivity index (χ0n) is 11.6. The van der Waals surface area contributed by atoms with Gasteiger partial charge in [0.15, 0.2) is 0 Å². The quantitative estimate of drug-likeness (QED) is 0.626. The van der Waals surface area contributed by atoms with Crippen molar-refractivity contribution in [3.8, 4) is 6.07 Å². The number of benzene rings is 1. The molecule has 0 aliphatic heterocycles. The molecule has 0 radical (unpaired) electrons. The van der Waals surface area contributed by atoms with Crippen LogP contribution in [0.3, 0.4) is 0 Å². The van der Waals surface area contributed by atoms with Crippen molar-refractivity contribution in [2.45, 2.75) is 32.9 Å². The summed E-state index contributed by atoms with van der Waals surface area (Å²) in [4.78, 5) is 11.8. The molecule has 0 saturated heterocycles. The first-order valence-corrected chi connectivity index (χ1v) is 6.83. The number of hydrogen-bond donors (Lipinski definition) is 2. The minimum Gasteiger partial charge on any atom is -0.387 e. The van der Waals surface area contributed by atoms with E-state index in [2.05, 4.69) is 10.6 Å². The predicted molar refractivity (Wildman–Crippen MR) is 79.9 cm³/mol. The van der Waals surface area contributed by atoms with Gasteiger partial charge in [0.05, 0.1) is 0 Å². The van der Waals surface area contributed by atoms with Gasteiger partial charge in [0.25, 0.3) is 5.91 Å². The number of hydrogen-bond acceptors (Lipinski definition) is 3. The summed E-state index contributed by atoms with van der Waals surface area (Å²) in [5.74, 6) is -0.391. The van der Waals surface area contributed by atoms with E-state index in [1.807, 2.05) is 32.0 Å². The minimum atomic E-state index is -0.391. The average Bonchev–Trinajstić information content (AvgIpc) is 2.47. The molecule has 1 unspecified atom stereocenters. The summed E-state index contributed by atoms with van der Waals surface area (Å²) >= 11 is 5.78. The molecule has 0 saturated carbocycles. The first-order chi connectivity index (χ1) is 9.56. The number of nitrogens with one attached hydrogen (secondary N) is 2. The van der Waals surface area contributed by atoms with Gasteiger partial charge in [-0.2, -0.15) is 5.26 Å². The molecular weight excluding hydrogens is 274 g/mol. The molecule has 0 spiro atoms. The number of nitrogens with zero attached hydrogens (tertiary/aromatic N) is 1. The molecule has 106 valence electrons. The van der Waals surface area contributed by atoms with E-state index in [1.165, 1.54) is 6.20 Å². The van der Waals surface area contributed by atoms with Gasteiger partial charge in [0.1, 0.15) is 11.6 Å². The lowest BCUT2D eigenvalue weighted by Crippen LogP contribution is -2.27. The highest BCUT2D eigenvalue weighted by Crippen LogP contribution is 2.09. The van der Waals surface area contributed by atoms with E-state index in [1.54, 1.807) is 12.1 Å². The Balaban J connectivity index is 2.56. The fraction of sp³-hybridized carbons (Fsp3) is 0.333. The van der Waals surface area contributed by atoms with Crippen LogP contribution < -0.4 is 10.6 Å². The second kappa shape index (κ2) is 8.23. The molecule has 0 heterocycles. The third kappa shape index (κ3) is 5.33. The Morgan fingerprint density at radius 1 is 1.45 bits per heavy atom. The van der Waals surface area contributed by atoms with Crippen molar-refractivity contribution in [1.29, 1.82) is 5.26 Å². The van der Waals surface area contributed by atoms with Gasteiger partial charge >= 0.3 is 0 Å². The van der Waals surface area contributed by atoms with Gasteiger partial charge in [-0.05, 0) is 31.0 Å². The first-order valence-electron chi connectivity index (χ1n) is 6.45. The van der Waals surface area contributed by atoms with Gasteiger partial charge in [0.2, 0.25) is 0 Å². The first kappa shape index (κ1) is 16.1. The summed E-state index contributed by atoms with van der Waals surface area (Å²) < 4.78 is 0. The largest absolute Gasteiger partial charge is 0.387 e. The summed E-state index contributed by atoms with van der Waals surface area (Å²) in [5.41, 5.74) is 0.995. The van der Waals surface area contributed by atoms with E-state index in [-0.39, 0.29) is 11.6 Å². The molecule has 1 rings (SSSR count). The Kier molecular flexibility index (Phi) is 6.61. The molecule has 1 aromatic rings. The van der Waals surface area contributed by atoms with E-state index in [0.717, 1.165) is 12.0 Å². The number of carbonyl (C=O) groups excluding carboxylic acids is 1. The van der Waals surface area contributed by atoms with Gasteiger partial charge in [-0.1, -0.05) is 30.7 Å². The van der Waals surface area contributed by atoms with Gasteiger partial charge < -0.3 is 10.6 Å². The molecule has 1 amide bonds. The molecule has 2 N–H and O–H groups in total. The van der Waals surface area contributed by atoms with Gasteiger partial charge in [-0.3, -0.25) is 4.79 Å². The van der Waals surface area contributed by atoms with Crippen LogP contribution in [0.2, 0.25) is 5.02 Å². The van der Waals surface area contributed by atoms with Crippen LogP contribution in [0.15, 0.2) is 36.0 Å². The Hall–Kier alpha value is -1.99. The number of nitriles is 1. The Bertz CT molecular complexity index is 517. The van der Waals surface area contributed by atoms with E-state index >= 15 is 0 Å². The molecule has 0 fully saturated rings. The maximum atomic E-state index is 11.8. The number of rotatable bonds is 6. The molecule has 1 atom stereocenters. The number of halogens is 1. The van der Waals surface area contributed by atoms with Crippen LogP contribution in [0, 0.1) is 11.3 Å². The summed E-state index contributed by atoms with van der Waals surface area (Å²) in [6.07, 6.45) is 2.38. The molecule has 0 aliphatic rings. The molecule has 0 aromatic heterocycles. The minimum absolute atomic E-state index is 0.0688. The second-order valence-electron chi connectivity index (χ2n) is 4.45. The molecule has 20 heavy (non-hydrogen) atoms. The SMILES string of the molecule is CCC(C)N/C=C(/C#N)C(=O)NCc1ccc(Cl)cc1. The van der Waals surface area contributed by atoms with Crippen LogP contribution in [0.5, 0.6) is 0 Å². The number of carbonyl (C=O) groups is 1. The van der Waals surface area contributed by atoms with E-state index in [0.29, 0.717) is 11.6 Å². The van der Waals surface area contributed by atoms with Crippen molar-refractivity contribution in [1.82, 2.24) is 10.6 Å². The van der Waals surface area contributed by atoms with Crippen molar-refractivity contribution in [3.63, 3.8) is 0 Å². The van der Waals surface area contributed by atoms with Crippen LogP contribution in [0.1, 0.15) is 25.8 Å². The van der Waals surface area contributed by atoms with Crippen LogP contribution >= 0.6 is 11.6 Å². The van der Waals surface area contributed by atoms with Crippen molar-refractivity contribution in [2.24, 2.45) is 0 Å². The van der Waals surface area contributed by atoms with Gasteiger partial charge in [-0.15, -0.1) is 0 Å². The summed E-state index contributed by atoms with van der Waals surface area (Å²) in [6.45, 7) is 4.37. The lowest BCUT2D eigenvalue weighted by atomic mass is 10.2. The zero-order chi connectivity index (χ0) is 15.0. The summed E-state index contributed by atoms with van der Waals surface area (Å²) in [5, 5.41) is 15.3. The lowest BCUT2D eigenvalue weighted by molar-refractivity contribution is -0.117. The fourth-order valence-electron chi connectivity index (χ4n) is 1.37. The Labute approximate surface area is 124 Å².